The monoisotopic (exact) mass is 643 g/mol. The van der Waals surface area contributed by atoms with Gasteiger partial charge in [-0.3, -0.25) is 9.69 Å². The third-order valence-electron chi connectivity index (χ3n) is 8.35. The van der Waals surface area contributed by atoms with E-state index in [0.717, 1.165) is 25.9 Å². The van der Waals surface area contributed by atoms with E-state index < -0.39 is 24.2 Å². The first-order chi connectivity index (χ1) is 21.8. The van der Waals surface area contributed by atoms with Crippen LogP contribution in [0.3, 0.4) is 0 Å². The number of aromatic nitrogens is 3. The number of nitrogens with zero attached hydrogens (tertiary/aromatic N) is 4. The molecule has 1 aliphatic heterocycles. The molecule has 0 bridgehead atoms. The van der Waals surface area contributed by atoms with Crippen molar-refractivity contribution in [3.8, 4) is 11.6 Å². The number of nitrogens with one attached hydrogen (secondary N) is 3. The number of alkyl halides is 4. The molecule has 1 saturated heterocycles. The number of hydrogen-bond acceptors (Lipinski definition) is 8. The molecule has 1 fully saturated rings. The van der Waals surface area contributed by atoms with Gasteiger partial charge in [-0.2, -0.15) is 18.2 Å². The Morgan fingerprint density at radius 2 is 1.83 bits per heavy atom. The number of likely N-dealkylation sites (tertiary alicyclic amines) is 1. The van der Waals surface area contributed by atoms with Crippen LogP contribution in [-0.4, -0.2) is 69.4 Å². The molecule has 0 spiro atoms. The number of aromatic hydroxyl groups is 1. The van der Waals surface area contributed by atoms with Gasteiger partial charge in [-0.1, -0.05) is 12.1 Å². The summed E-state index contributed by atoms with van der Waals surface area (Å²) in [5.41, 5.74) is 0.0377. The van der Waals surface area contributed by atoms with E-state index >= 15 is 0 Å². The SMILES string of the molecule is COc1cc(C(=O)NCC(C)(C)N2CCCC2)ccc1Nc1ncc(C(F)(F)F)c(Nc2cccc3c(C)n(CCF)c(O)c23)n1. The Hall–Kier alpha value is -4.59. The first-order valence-corrected chi connectivity index (χ1v) is 14.9. The number of hydrogen-bond donors (Lipinski definition) is 4. The molecule has 0 atom stereocenters. The molecule has 4 N–H and O–H groups in total. The van der Waals surface area contributed by atoms with Crippen LogP contribution in [0.1, 0.15) is 48.3 Å². The third kappa shape index (κ3) is 6.66. The van der Waals surface area contributed by atoms with Crippen molar-refractivity contribution in [1.82, 2.24) is 24.8 Å². The number of rotatable bonds is 11. The summed E-state index contributed by atoms with van der Waals surface area (Å²) in [6.45, 7) is 7.46. The molecule has 5 rings (SSSR count). The van der Waals surface area contributed by atoms with Gasteiger partial charge in [0.05, 0.1) is 30.4 Å². The summed E-state index contributed by atoms with van der Waals surface area (Å²) in [6, 6.07) is 9.45. The van der Waals surface area contributed by atoms with Crippen molar-refractivity contribution >= 4 is 39.8 Å². The summed E-state index contributed by atoms with van der Waals surface area (Å²) >= 11 is 0. The Labute approximate surface area is 263 Å². The number of halogens is 4. The van der Waals surface area contributed by atoms with Crippen molar-refractivity contribution in [2.24, 2.45) is 0 Å². The highest BCUT2D eigenvalue weighted by Crippen LogP contribution is 2.41. The highest BCUT2D eigenvalue weighted by Gasteiger charge is 2.36. The van der Waals surface area contributed by atoms with E-state index in [4.69, 9.17) is 4.74 Å². The smallest absolute Gasteiger partial charge is 0.421 e. The average molecular weight is 644 g/mol. The quantitative estimate of drug-likeness (QED) is 0.136. The van der Waals surface area contributed by atoms with Crippen molar-refractivity contribution in [2.75, 3.05) is 44.1 Å². The molecule has 246 valence electrons. The fourth-order valence-electron chi connectivity index (χ4n) is 5.76. The lowest BCUT2D eigenvalue weighted by atomic mass is 10.0. The van der Waals surface area contributed by atoms with Crippen LogP contribution in [0.25, 0.3) is 10.8 Å². The predicted molar refractivity (Wildman–Crippen MR) is 168 cm³/mol. The van der Waals surface area contributed by atoms with E-state index in [0.29, 0.717) is 35.1 Å². The molecule has 0 radical (unpaired) electrons. The Bertz CT molecular complexity index is 1730. The number of methoxy groups -OCH3 is 1. The molecular formula is C32H37F4N7O3. The van der Waals surface area contributed by atoms with Crippen LogP contribution in [0, 0.1) is 6.92 Å². The molecular weight excluding hydrogens is 606 g/mol. The maximum absolute atomic E-state index is 14.0. The number of amides is 1. The van der Waals surface area contributed by atoms with Crippen molar-refractivity contribution in [2.45, 2.75) is 51.9 Å². The van der Waals surface area contributed by atoms with E-state index in [1.165, 1.54) is 23.8 Å². The fourth-order valence-corrected chi connectivity index (χ4v) is 5.76. The maximum Gasteiger partial charge on any atom is 0.421 e. The van der Waals surface area contributed by atoms with Crippen LogP contribution in [-0.2, 0) is 12.7 Å². The maximum atomic E-state index is 14.0. The van der Waals surface area contributed by atoms with Gasteiger partial charge < -0.3 is 30.4 Å². The van der Waals surface area contributed by atoms with Gasteiger partial charge in [-0.05, 0) is 71.0 Å². The molecule has 1 amide bonds. The standard InChI is InChI=1S/C32H37F4N7O3/c1-19-21-8-7-9-24(26(21)29(45)43(19)15-12-33)39-27-22(32(34,35)36)17-37-30(41-27)40-23-11-10-20(16-25(23)46-4)28(44)38-18-31(2,3)42-13-5-6-14-42/h7-11,16-17,45H,5-6,12-15,18H2,1-4H3,(H,38,44)(H2,37,39,40,41). The lowest BCUT2D eigenvalue weighted by Gasteiger charge is -2.35. The molecule has 0 saturated carbocycles. The van der Waals surface area contributed by atoms with Crippen molar-refractivity contribution in [1.29, 1.82) is 0 Å². The molecule has 2 aromatic carbocycles. The van der Waals surface area contributed by atoms with Gasteiger partial charge in [0.1, 0.15) is 23.8 Å². The Morgan fingerprint density at radius 3 is 2.50 bits per heavy atom. The normalized spacial score (nSPS) is 14.1. The average Bonchev–Trinajstić information content (AvgIpc) is 3.65. The molecule has 0 aliphatic carbocycles. The van der Waals surface area contributed by atoms with Crippen molar-refractivity contribution in [3.05, 3.63) is 59.4 Å². The van der Waals surface area contributed by atoms with Crippen molar-refractivity contribution < 1.29 is 32.2 Å². The molecule has 14 heteroatoms. The minimum Gasteiger partial charge on any atom is -0.495 e. The van der Waals surface area contributed by atoms with E-state index in [-0.39, 0.29) is 46.6 Å². The van der Waals surface area contributed by atoms with Gasteiger partial charge in [0, 0.05) is 34.9 Å². The molecule has 4 aromatic rings. The van der Waals surface area contributed by atoms with Crippen LogP contribution in [0.5, 0.6) is 11.6 Å². The van der Waals surface area contributed by atoms with Crippen LogP contribution in [0.2, 0.25) is 0 Å². The zero-order chi connectivity index (χ0) is 33.2. The van der Waals surface area contributed by atoms with Gasteiger partial charge in [-0.25, -0.2) is 9.37 Å². The lowest BCUT2D eigenvalue weighted by Crippen LogP contribution is -2.50. The molecule has 1 aliphatic rings. The van der Waals surface area contributed by atoms with Gasteiger partial charge in [0.2, 0.25) is 11.8 Å². The van der Waals surface area contributed by atoms with Gasteiger partial charge in [0.15, 0.2) is 0 Å². The Kier molecular flexibility index (Phi) is 9.29. The minimum atomic E-state index is -4.80. The van der Waals surface area contributed by atoms with Gasteiger partial charge in [-0.15, -0.1) is 0 Å². The highest BCUT2D eigenvalue weighted by molar-refractivity contribution is 6.01. The summed E-state index contributed by atoms with van der Waals surface area (Å²) in [4.78, 5) is 23.3. The topological polar surface area (TPSA) is 117 Å². The predicted octanol–water partition coefficient (Wildman–Crippen LogP) is 6.53. The van der Waals surface area contributed by atoms with Crippen LogP contribution in [0.4, 0.5) is 40.7 Å². The number of fused-ring (bicyclic) bond motifs is 1. The Balaban J connectivity index is 1.40. The third-order valence-corrected chi connectivity index (χ3v) is 8.35. The zero-order valence-corrected chi connectivity index (χ0v) is 26.1. The van der Waals surface area contributed by atoms with E-state index in [2.05, 4.69) is 44.7 Å². The van der Waals surface area contributed by atoms with E-state index in [1.807, 2.05) is 0 Å². The number of carbonyl (C=O) groups is 1. The highest BCUT2D eigenvalue weighted by atomic mass is 19.4. The summed E-state index contributed by atoms with van der Waals surface area (Å²) in [7, 11) is 1.41. The first-order valence-electron chi connectivity index (χ1n) is 14.9. The number of benzene rings is 2. The van der Waals surface area contributed by atoms with Crippen molar-refractivity contribution in [3.63, 3.8) is 0 Å². The Morgan fingerprint density at radius 1 is 1.09 bits per heavy atom. The van der Waals surface area contributed by atoms with E-state index in [1.54, 1.807) is 31.2 Å². The second kappa shape index (κ2) is 13.0. The minimum absolute atomic E-state index is 0.111. The number of carbonyl (C=O) groups excluding carboxylic acids is 1. The second-order valence-corrected chi connectivity index (χ2v) is 11.8. The summed E-state index contributed by atoms with van der Waals surface area (Å²) in [5, 5.41) is 20.2. The van der Waals surface area contributed by atoms with Gasteiger partial charge >= 0.3 is 6.18 Å². The summed E-state index contributed by atoms with van der Waals surface area (Å²) in [5.74, 6) is -1.06. The van der Waals surface area contributed by atoms with Crippen LogP contribution < -0.4 is 20.7 Å². The zero-order valence-electron chi connectivity index (χ0n) is 26.1. The molecule has 3 heterocycles. The largest absolute Gasteiger partial charge is 0.495 e. The first kappa shape index (κ1) is 32.8. The lowest BCUT2D eigenvalue weighted by molar-refractivity contribution is -0.137. The second-order valence-electron chi connectivity index (χ2n) is 11.8. The number of aryl methyl sites for hydroxylation is 1. The van der Waals surface area contributed by atoms with Crippen LogP contribution in [0.15, 0.2) is 42.6 Å². The number of anilines is 4. The van der Waals surface area contributed by atoms with Gasteiger partial charge in [0.25, 0.3) is 5.91 Å². The number of ether oxygens (including phenoxy) is 1. The molecule has 0 unspecified atom stereocenters. The fraction of sp³-hybridized carbons (Fsp3) is 0.406. The van der Waals surface area contributed by atoms with Crippen LogP contribution >= 0.6 is 0 Å². The molecule has 46 heavy (non-hydrogen) atoms. The molecule has 10 nitrogen and oxygen atoms in total. The summed E-state index contributed by atoms with van der Waals surface area (Å²) in [6.07, 6.45) is -1.88. The molecule has 2 aromatic heterocycles. The summed E-state index contributed by atoms with van der Waals surface area (Å²) < 4.78 is 62.1. The van der Waals surface area contributed by atoms with E-state index in [9.17, 15) is 27.5 Å².